The van der Waals surface area contributed by atoms with E-state index in [2.05, 4.69) is 60.2 Å². The van der Waals surface area contributed by atoms with Gasteiger partial charge in [-0.1, -0.05) is 55.4 Å². The largest absolute Gasteiger partial charge is 0.481 e. The van der Waals surface area contributed by atoms with Gasteiger partial charge in [0.2, 0.25) is 5.82 Å². The lowest BCUT2D eigenvalue weighted by Crippen LogP contribution is -2.18. The first kappa shape index (κ1) is 21.2. The van der Waals surface area contributed by atoms with Gasteiger partial charge in [-0.25, -0.2) is 0 Å². The van der Waals surface area contributed by atoms with Gasteiger partial charge >= 0.3 is 5.97 Å². The average Bonchev–Trinajstić information content (AvgIpc) is 3.35. The van der Waals surface area contributed by atoms with Crippen molar-refractivity contribution in [1.29, 1.82) is 0 Å². The third-order valence-electron chi connectivity index (χ3n) is 5.92. The molecule has 1 fully saturated rings. The molecule has 0 unspecified atom stereocenters. The Balaban J connectivity index is 1.45. The van der Waals surface area contributed by atoms with Gasteiger partial charge in [-0.05, 0) is 55.0 Å². The molecule has 0 aliphatic carbocycles. The molecule has 1 saturated heterocycles. The van der Waals surface area contributed by atoms with Crippen LogP contribution in [-0.2, 0) is 11.2 Å². The normalized spacial score (nSPS) is 19.2. The van der Waals surface area contributed by atoms with Crippen LogP contribution in [0.25, 0.3) is 22.8 Å². The zero-order chi connectivity index (χ0) is 22.0. The summed E-state index contributed by atoms with van der Waals surface area (Å²) in [4.78, 5) is 17.8. The first-order chi connectivity index (χ1) is 14.9. The number of carbonyl (C=O) groups is 1. The molecular weight excluding hydrogens is 390 g/mol. The predicted octanol–water partition coefficient (Wildman–Crippen LogP) is 5.07. The van der Waals surface area contributed by atoms with E-state index in [1.807, 2.05) is 24.3 Å². The van der Waals surface area contributed by atoms with E-state index in [4.69, 9.17) is 9.63 Å². The van der Waals surface area contributed by atoms with E-state index >= 15 is 0 Å². The van der Waals surface area contributed by atoms with Crippen molar-refractivity contribution in [2.24, 2.45) is 11.8 Å². The van der Waals surface area contributed by atoms with Crippen LogP contribution >= 0.6 is 0 Å². The highest BCUT2D eigenvalue weighted by atomic mass is 16.5. The molecule has 1 aliphatic rings. The lowest BCUT2D eigenvalue weighted by molar-refractivity contribution is -0.138. The molecule has 0 spiro atoms. The standard InChI is InChI=1S/C25H29N3O3/c1-16(2)12-17-4-6-21(7-5-17)25-26-24(27-31-25)20-10-8-19(9-11-20)22-13-18(14-23(29)30)15-28(22)3/h4-11,16,18,22H,12-15H2,1-3H3,(H,29,30)/t18-,22-/m1/s1. The highest BCUT2D eigenvalue weighted by molar-refractivity contribution is 5.67. The van der Waals surface area contributed by atoms with Crippen molar-refractivity contribution in [3.05, 3.63) is 59.7 Å². The maximum absolute atomic E-state index is 11.0. The first-order valence-electron chi connectivity index (χ1n) is 10.8. The Hall–Kier alpha value is -2.99. The van der Waals surface area contributed by atoms with Crippen molar-refractivity contribution in [2.75, 3.05) is 13.6 Å². The summed E-state index contributed by atoms with van der Waals surface area (Å²) in [5, 5.41) is 13.2. The number of carboxylic acid groups (broad SMARTS) is 1. The van der Waals surface area contributed by atoms with Gasteiger partial charge in [0.05, 0.1) is 0 Å². The van der Waals surface area contributed by atoms with Crippen molar-refractivity contribution < 1.29 is 14.4 Å². The van der Waals surface area contributed by atoms with E-state index in [-0.39, 0.29) is 18.4 Å². The lowest BCUT2D eigenvalue weighted by Gasteiger charge is -2.19. The molecule has 0 radical (unpaired) electrons. The Morgan fingerprint density at radius 3 is 2.45 bits per heavy atom. The topological polar surface area (TPSA) is 79.5 Å². The smallest absolute Gasteiger partial charge is 0.303 e. The maximum Gasteiger partial charge on any atom is 0.303 e. The van der Waals surface area contributed by atoms with E-state index in [0.29, 0.717) is 17.6 Å². The average molecular weight is 420 g/mol. The van der Waals surface area contributed by atoms with Crippen LogP contribution in [0.15, 0.2) is 53.1 Å². The Labute approximate surface area is 182 Å². The van der Waals surface area contributed by atoms with Crippen LogP contribution < -0.4 is 0 Å². The minimum Gasteiger partial charge on any atom is -0.481 e. The summed E-state index contributed by atoms with van der Waals surface area (Å²) in [6, 6.07) is 16.7. The van der Waals surface area contributed by atoms with Crippen LogP contribution in [0, 0.1) is 11.8 Å². The second-order valence-corrected chi connectivity index (χ2v) is 9.00. The molecule has 2 aromatic carbocycles. The Morgan fingerprint density at radius 2 is 1.81 bits per heavy atom. The molecule has 3 aromatic rings. The quantitative estimate of drug-likeness (QED) is 0.576. The summed E-state index contributed by atoms with van der Waals surface area (Å²) in [6.45, 7) is 5.23. The first-order valence-corrected chi connectivity index (χ1v) is 10.8. The Kier molecular flexibility index (Phi) is 6.18. The molecule has 1 aliphatic heterocycles. The summed E-state index contributed by atoms with van der Waals surface area (Å²) < 4.78 is 5.50. The van der Waals surface area contributed by atoms with Gasteiger partial charge in [0.1, 0.15) is 0 Å². The summed E-state index contributed by atoms with van der Waals surface area (Å²) in [5.74, 6) is 1.17. The summed E-state index contributed by atoms with van der Waals surface area (Å²) in [5.41, 5.74) is 4.30. The molecular formula is C25H29N3O3. The third-order valence-corrected chi connectivity index (χ3v) is 5.92. The number of rotatable bonds is 7. The zero-order valence-corrected chi connectivity index (χ0v) is 18.3. The van der Waals surface area contributed by atoms with Crippen LogP contribution in [0.3, 0.4) is 0 Å². The summed E-state index contributed by atoms with van der Waals surface area (Å²) in [7, 11) is 2.05. The Bertz CT molecular complexity index is 1020. The summed E-state index contributed by atoms with van der Waals surface area (Å²) in [6.07, 6.45) is 2.14. The molecule has 2 heterocycles. The molecule has 6 heteroatoms. The highest BCUT2D eigenvalue weighted by Crippen LogP contribution is 2.36. The van der Waals surface area contributed by atoms with Gasteiger partial charge in [0, 0.05) is 30.1 Å². The SMILES string of the molecule is CC(C)Cc1ccc(-c2nc(-c3ccc([C@H]4C[C@H](CC(=O)O)CN4C)cc3)no2)cc1. The molecule has 1 N–H and O–H groups in total. The van der Waals surface area contributed by atoms with Gasteiger partial charge in [0.15, 0.2) is 0 Å². The maximum atomic E-state index is 11.0. The van der Waals surface area contributed by atoms with Crippen LogP contribution in [0.4, 0.5) is 0 Å². The molecule has 0 amide bonds. The summed E-state index contributed by atoms with van der Waals surface area (Å²) >= 11 is 0. The van der Waals surface area contributed by atoms with Crippen molar-refractivity contribution >= 4 is 5.97 Å². The minimum atomic E-state index is -0.725. The van der Waals surface area contributed by atoms with Gasteiger partial charge in [-0.2, -0.15) is 4.98 Å². The molecule has 6 nitrogen and oxygen atoms in total. The van der Waals surface area contributed by atoms with E-state index < -0.39 is 5.97 Å². The number of carboxylic acids is 1. The van der Waals surface area contributed by atoms with Gasteiger partial charge < -0.3 is 9.63 Å². The van der Waals surface area contributed by atoms with E-state index in [0.717, 1.165) is 30.5 Å². The number of nitrogens with zero attached hydrogens (tertiary/aromatic N) is 3. The van der Waals surface area contributed by atoms with E-state index in [1.165, 1.54) is 11.1 Å². The number of aromatic nitrogens is 2. The fraction of sp³-hybridized carbons (Fsp3) is 0.400. The fourth-order valence-corrected chi connectivity index (χ4v) is 4.46. The van der Waals surface area contributed by atoms with Crippen LogP contribution in [0.1, 0.15) is 43.9 Å². The van der Waals surface area contributed by atoms with Crippen LogP contribution in [0.5, 0.6) is 0 Å². The molecule has 0 saturated carbocycles. The monoisotopic (exact) mass is 419 g/mol. The van der Waals surface area contributed by atoms with Crippen molar-refractivity contribution in [2.45, 2.75) is 39.2 Å². The fourth-order valence-electron chi connectivity index (χ4n) is 4.46. The lowest BCUT2D eigenvalue weighted by atomic mass is 9.97. The molecule has 1 aromatic heterocycles. The number of benzene rings is 2. The second kappa shape index (κ2) is 9.02. The zero-order valence-electron chi connectivity index (χ0n) is 18.3. The van der Waals surface area contributed by atoms with Gasteiger partial charge in [-0.3, -0.25) is 9.69 Å². The van der Waals surface area contributed by atoms with E-state index in [9.17, 15) is 4.79 Å². The Morgan fingerprint density at radius 1 is 1.13 bits per heavy atom. The van der Waals surface area contributed by atoms with Gasteiger partial charge in [0.25, 0.3) is 5.89 Å². The molecule has 4 rings (SSSR count). The van der Waals surface area contributed by atoms with Gasteiger partial charge in [-0.15, -0.1) is 0 Å². The molecule has 0 bridgehead atoms. The van der Waals surface area contributed by atoms with Crippen molar-refractivity contribution in [1.82, 2.24) is 15.0 Å². The predicted molar refractivity (Wildman–Crippen MR) is 119 cm³/mol. The second-order valence-electron chi connectivity index (χ2n) is 9.00. The van der Waals surface area contributed by atoms with Crippen molar-refractivity contribution in [3.8, 4) is 22.8 Å². The number of aliphatic carboxylic acids is 1. The molecule has 162 valence electrons. The van der Waals surface area contributed by atoms with E-state index in [1.54, 1.807) is 0 Å². The molecule has 31 heavy (non-hydrogen) atoms. The van der Waals surface area contributed by atoms with Crippen LogP contribution in [-0.4, -0.2) is 39.7 Å². The number of hydrogen-bond donors (Lipinski definition) is 1. The minimum absolute atomic E-state index is 0.193. The third kappa shape index (κ3) is 5.02. The number of hydrogen-bond acceptors (Lipinski definition) is 5. The van der Waals surface area contributed by atoms with Crippen molar-refractivity contribution in [3.63, 3.8) is 0 Å². The number of likely N-dealkylation sites (tertiary alicyclic amines) is 1. The highest BCUT2D eigenvalue weighted by Gasteiger charge is 2.31. The van der Waals surface area contributed by atoms with Crippen LogP contribution in [0.2, 0.25) is 0 Å². The molecule has 2 atom stereocenters.